The van der Waals surface area contributed by atoms with Crippen LogP contribution in [0.2, 0.25) is 0 Å². The molecule has 0 aromatic rings. The van der Waals surface area contributed by atoms with E-state index < -0.39 is 10.1 Å². The van der Waals surface area contributed by atoms with Crippen LogP contribution in [0.5, 0.6) is 0 Å². The lowest BCUT2D eigenvalue weighted by atomic mass is 10.0. The first-order chi connectivity index (χ1) is 13.0. The zero-order valence-corrected chi connectivity index (χ0v) is 18.9. The Hall–Kier alpha value is -0.130. The van der Waals surface area contributed by atoms with Gasteiger partial charge in [-0.2, -0.15) is 8.42 Å². The van der Waals surface area contributed by atoms with Crippen molar-refractivity contribution in [3.63, 3.8) is 0 Å². The average Bonchev–Trinajstić information content (AvgIpc) is 2.61. The zero-order chi connectivity index (χ0) is 20.2. The number of unbranched alkanes of at least 4 members (excludes halogenated alkanes) is 14. The maximum atomic E-state index is 11.2. The molecule has 0 aliphatic heterocycles. The molecule has 5 heteroatoms. The molecule has 0 aromatic heterocycles. The summed E-state index contributed by atoms with van der Waals surface area (Å²) in [5, 5.41) is 0. The van der Waals surface area contributed by atoms with Crippen molar-refractivity contribution < 1.29 is 17.7 Å². The summed E-state index contributed by atoms with van der Waals surface area (Å²) >= 11 is 0. The molecule has 0 saturated carbocycles. The maximum Gasteiger partial charge on any atom is 0.267 e. The van der Waals surface area contributed by atoms with E-state index in [2.05, 4.69) is 13.8 Å². The highest BCUT2D eigenvalue weighted by molar-refractivity contribution is 7.85. The molecular formula is C22H46O4S. The highest BCUT2D eigenvalue weighted by Crippen LogP contribution is 2.14. The van der Waals surface area contributed by atoms with Crippen molar-refractivity contribution in [1.29, 1.82) is 0 Å². The molecule has 0 spiro atoms. The summed E-state index contributed by atoms with van der Waals surface area (Å²) in [6.07, 6.45) is 20.1. The summed E-state index contributed by atoms with van der Waals surface area (Å²) in [5.74, 6) is -0.264. The molecular weight excluding hydrogens is 360 g/mol. The number of hydrogen-bond acceptors (Lipinski definition) is 3. The van der Waals surface area contributed by atoms with Gasteiger partial charge in [0.15, 0.2) is 0 Å². The van der Waals surface area contributed by atoms with E-state index in [-0.39, 0.29) is 11.9 Å². The van der Waals surface area contributed by atoms with Gasteiger partial charge in [0.05, 0.1) is 6.10 Å². The second kappa shape index (κ2) is 19.2. The minimum Gasteiger partial charge on any atom is -0.377 e. The van der Waals surface area contributed by atoms with Gasteiger partial charge in [0, 0.05) is 6.61 Å². The van der Waals surface area contributed by atoms with Crippen molar-refractivity contribution in [3.05, 3.63) is 0 Å². The third kappa shape index (κ3) is 22.0. The lowest BCUT2D eigenvalue weighted by Crippen LogP contribution is -2.24. The van der Waals surface area contributed by atoms with E-state index >= 15 is 0 Å². The Balaban J connectivity index is 3.74. The third-order valence-corrected chi connectivity index (χ3v) is 5.92. The van der Waals surface area contributed by atoms with E-state index in [1.807, 2.05) is 0 Å². The first-order valence-corrected chi connectivity index (χ1v) is 13.2. The van der Waals surface area contributed by atoms with Gasteiger partial charge in [-0.25, -0.2) is 0 Å². The lowest BCUT2D eigenvalue weighted by molar-refractivity contribution is 0.0568. The number of ether oxygens (including phenoxy) is 1. The van der Waals surface area contributed by atoms with Crippen LogP contribution in [-0.2, 0) is 14.9 Å². The minimum absolute atomic E-state index is 0.264. The Morgan fingerprint density at radius 3 is 1.52 bits per heavy atom. The number of rotatable bonds is 21. The molecule has 0 radical (unpaired) electrons. The van der Waals surface area contributed by atoms with Gasteiger partial charge in [-0.1, -0.05) is 110 Å². The summed E-state index contributed by atoms with van der Waals surface area (Å²) in [5.41, 5.74) is 0. The molecule has 164 valence electrons. The fourth-order valence-electron chi connectivity index (χ4n) is 3.44. The monoisotopic (exact) mass is 406 g/mol. The SMILES string of the molecule is CCCCCCCCCCCCC(CS(=O)(=O)O)OCCCCCCCC. The van der Waals surface area contributed by atoms with Gasteiger partial charge in [-0.05, 0) is 12.8 Å². The van der Waals surface area contributed by atoms with Crippen molar-refractivity contribution in [2.24, 2.45) is 0 Å². The number of hydrogen-bond donors (Lipinski definition) is 1. The zero-order valence-electron chi connectivity index (χ0n) is 18.1. The maximum absolute atomic E-state index is 11.2. The second-order valence-electron chi connectivity index (χ2n) is 7.98. The Morgan fingerprint density at radius 1 is 0.667 bits per heavy atom. The fourth-order valence-corrected chi connectivity index (χ4v) is 4.17. The Bertz CT molecular complexity index is 395. The van der Waals surface area contributed by atoms with Crippen LogP contribution in [0.15, 0.2) is 0 Å². The van der Waals surface area contributed by atoms with Crippen LogP contribution in [0, 0.1) is 0 Å². The molecule has 0 fully saturated rings. The predicted molar refractivity (Wildman–Crippen MR) is 116 cm³/mol. The average molecular weight is 407 g/mol. The van der Waals surface area contributed by atoms with E-state index in [1.54, 1.807) is 0 Å². The topological polar surface area (TPSA) is 63.6 Å². The second-order valence-corrected chi connectivity index (χ2v) is 9.48. The minimum atomic E-state index is -3.97. The van der Waals surface area contributed by atoms with Crippen molar-refractivity contribution in [1.82, 2.24) is 0 Å². The standard InChI is InChI=1S/C22H46O4S/c1-3-5-7-9-11-12-13-14-15-17-19-22(21-27(23,24)25)26-20-18-16-10-8-6-4-2/h22H,3-21H2,1-2H3,(H,23,24,25). The predicted octanol–water partition coefficient (Wildman–Crippen LogP) is 6.93. The molecule has 0 bridgehead atoms. The van der Waals surface area contributed by atoms with E-state index in [1.165, 1.54) is 77.0 Å². The van der Waals surface area contributed by atoms with Gasteiger partial charge < -0.3 is 4.74 Å². The van der Waals surface area contributed by atoms with Gasteiger partial charge in [0.1, 0.15) is 5.75 Å². The molecule has 27 heavy (non-hydrogen) atoms. The first kappa shape index (κ1) is 26.9. The van der Waals surface area contributed by atoms with E-state index in [4.69, 9.17) is 9.29 Å². The quantitative estimate of drug-likeness (QED) is 0.166. The molecule has 0 aliphatic carbocycles. The van der Waals surface area contributed by atoms with Gasteiger partial charge in [0.2, 0.25) is 0 Å². The van der Waals surface area contributed by atoms with Crippen molar-refractivity contribution in [2.75, 3.05) is 12.4 Å². The summed E-state index contributed by atoms with van der Waals surface area (Å²) in [6, 6.07) is 0. The molecule has 0 rings (SSSR count). The highest BCUT2D eigenvalue weighted by Gasteiger charge is 2.17. The molecule has 1 N–H and O–H groups in total. The van der Waals surface area contributed by atoms with E-state index in [0.29, 0.717) is 6.61 Å². The van der Waals surface area contributed by atoms with Crippen molar-refractivity contribution >= 4 is 10.1 Å². The first-order valence-electron chi connectivity index (χ1n) is 11.6. The Labute approximate surface area is 169 Å². The molecule has 0 aromatic carbocycles. The molecule has 4 nitrogen and oxygen atoms in total. The van der Waals surface area contributed by atoms with Gasteiger partial charge in [-0.15, -0.1) is 0 Å². The fraction of sp³-hybridized carbons (Fsp3) is 1.00. The summed E-state index contributed by atoms with van der Waals surface area (Å²) in [6.45, 7) is 5.05. The van der Waals surface area contributed by atoms with Crippen LogP contribution in [0.1, 0.15) is 123 Å². The molecule has 0 aliphatic rings. The normalized spacial score (nSPS) is 13.1. The highest BCUT2D eigenvalue weighted by atomic mass is 32.2. The molecule has 1 unspecified atom stereocenters. The third-order valence-electron chi connectivity index (χ3n) is 5.13. The van der Waals surface area contributed by atoms with E-state index in [0.717, 1.165) is 32.1 Å². The van der Waals surface area contributed by atoms with Crippen LogP contribution < -0.4 is 0 Å². The Morgan fingerprint density at radius 2 is 1.07 bits per heavy atom. The van der Waals surface area contributed by atoms with Crippen molar-refractivity contribution in [3.8, 4) is 0 Å². The lowest BCUT2D eigenvalue weighted by Gasteiger charge is -2.16. The van der Waals surface area contributed by atoms with Crippen LogP contribution in [0.3, 0.4) is 0 Å². The van der Waals surface area contributed by atoms with Crippen LogP contribution in [-0.4, -0.2) is 31.4 Å². The summed E-state index contributed by atoms with van der Waals surface area (Å²) in [4.78, 5) is 0. The molecule has 1 atom stereocenters. The van der Waals surface area contributed by atoms with Crippen molar-refractivity contribution in [2.45, 2.75) is 129 Å². The van der Waals surface area contributed by atoms with Crippen LogP contribution >= 0.6 is 0 Å². The van der Waals surface area contributed by atoms with E-state index in [9.17, 15) is 8.42 Å². The summed E-state index contributed by atoms with van der Waals surface area (Å²) < 4.78 is 37.3. The van der Waals surface area contributed by atoms with Crippen LogP contribution in [0.25, 0.3) is 0 Å². The molecule has 0 amide bonds. The summed E-state index contributed by atoms with van der Waals surface area (Å²) in [7, 11) is -3.97. The molecule has 0 heterocycles. The van der Waals surface area contributed by atoms with Gasteiger partial charge in [-0.3, -0.25) is 4.55 Å². The Kier molecular flexibility index (Phi) is 19.1. The smallest absolute Gasteiger partial charge is 0.267 e. The van der Waals surface area contributed by atoms with Crippen LogP contribution in [0.4, 0.5) is 0 Å². The van der Waals surface area contributed by atoms with Gasteiger partial charge in [0.25, 0.3) is 10.1 Å². The van der Waals surface area contributed by atoms with Gasteiger partial charge >= 0.3 is 0 Å². The molecule has 0 saturated heterocycles. The largest absolute Gasteiger partial charge is 0.377 e.